The van der Waals surface area contributed by atoms with E-state index in [2.05, 4.69) is 10.0 Å². The van der Waals surface area contributed by atoms with Crippen LogP contribution in [0.2, 0.25) is 0 Å². The minimum Gasteiger partial charge on any atom is -0.370 e. The lowest BCUT2D eigenvalue weighted by atomic mass is 10.1. The van der Waals surface area contributed by atoms with Gasteiger partial charge in [0.15, 0.2) is 0 Å². The standard InChI is InChI=1S/C24H32N4O5S/c29-23(25-12-11-21-7-3-1-4-8-21)20-28(14-13-27-15-17-33-18-16-27)24(30)19-26-34(31,32)22-9-5-2-6-10-22/h1-10,26H,11-20H2,(H,25,29)/p+1. The van der Waals surface area contributed by atoms with Crippen LogP contribution in [0.25, 0.3) is 0 Å². The van der Waals surface area contributed by atoms with Gasteiger partial charge in [-0.1, -0.05) is 48.5 Å². The number of hydrogen-bond acceptors (Lipinski definition) is 5. The van der Waals surface area contributed by atoms with E-state index in [-0.39, 0.29) is 17.3 Å². The van der Waals surface area contributed by atoms with Crippen LogP contribution in [-0.4, -0.2) is 84.2 Å². The summed E-state index contributed by atoms with van der Waals surface area (Å²) in [5.74, 6) is -0.711. The van der Waals surface area contributed by atoms with E-state index in [1.54, 1.807) is 18.2 Å². The molecule has 0 saturated carbocycles. The van der Waals surface area contributed by atoms with Crippen molar-refractivity contribution in [3.63, 3.8) is 0 Å². The second-order valence-corrected chi connectivity index (χ2v) is 9.92. The lowest BCUT2D eigenvalue weighted by molar-refractivity contribution is -0.907. The fourth-order valence-electron chi connectivity index (χ4n) is 3.67. The van der Waals surface area contributed by atoms with Crippen LogP contribution in [0.15, 0.2) is 65.6 Å². The summed E-state index contributed by atoms with van der Waals surface area (Å²) < 4.78 is 32.7. The van der Waals surface area contributed by atoms with Gasteiger partial charge in [0.25, 0.3) is 0 Å². The van der Waals surface area contributed by atoms with Crippen LogP contribution in [0.3, 0.4) is 0 Å². The molecule has 2 amide bonds. The van der Waals surface area contributed by atoms with E-state index in [0.717, 1.165) is 18.7 Å². The molecule has 2 aromatic carbocycles. The predicted molar refractivity (Wildman–Crippen MR) is 128 cm³/mol. The highest BCUT2D eigenvalue weighted by atomic mass is 32.2. The Morgan fingerprint density at radius 1 is 0.971 bits per heavy atom. The van der Waals surface area contributed by atoms with E-state index in [0.29, 0.717) is 39.3 Å². The van der Waals surface area contributed by atoms with Crippen molar-refractivity contribution in [2.75, 3.05) is 59.0 Å². The van der Waals surface area contributed by atoms with Crippen molar-refractivity contribution in [3.05, 3.63) is 66.2 Å². The van der Waals surface area contributed by atoms with Gasteiger partial charge in [0.1, 0.15) is 13.1 Å². The highest BCUT2D eigenvalue weighted by Crippen LogP contribution is 2.06. The molecule has 0 bridgehead atoms. The molecule has 3 rings (SSSR count). The Bertz CT molecular complexity index is 1010. The molecule has 10 heteroatoms. The Morgan fingerprint density at radius 2 is 1.62 bits per heavy atom. The summed E-state index contributed by atoms with van der Waals surface area (Å²) in [6.45, 7) is 3.96. The average Bonchev–Trinajstić information content (AvgIpc) is 2.87. The molecule has 184 valence electrons. The maximum absolute atomic E-state index is 12.9. The second kappa shape index (κ2) is 13.2. The van der Waals surface area contributed by atoms with Crippen molar-refractivity contribution in [3.8, 4) is 0 Å². The van der Waals surface area contributed by atoms with Gasteiger partial charge in [-0.3, -0.25) is 9.59 Å². The molecule has 0 aromatic heterocycles. The zero-order valence-corrected chi connectivity index (χ0v) is 20.1. The molecule has 0 atom stereocenters. The van der Waals surface area contributed by atoms with Crippen LogP contribution in [0, 0.1) is 0 Å². The molecule has 1 heterocycles. The summed E-state index contributed by atoms with van der Waals surface area (Å²) in [6, 6.07) is 17.7. The van der Waals surface area contributed by atoms with Gasteiger partial charge in [-0.25, -0.2) is 13.1 Å². The van der Waals surface area contributed by atoms with Gasteiger partial charge < -0.3 is 19.9 Å². The van der Waals surface area contributed by atoms with E-state index in [1.807, 2.05) is 30.3 Å². The van der Waals surface area contributed by atoms with E-state index < -0.39 is 22.5 Å². The quantitative estimate of drug-likeness (QED) is 0.357. The van der Waals surface area contributed by atoms with Crippen molar-refractivity contribution in [2.24, 2.45) is 0 Å². The van der Waals surface area contributed by atoms with Crippen LogP contribution < -0.4 is 14.9 Å². The number of hydrogen-bond donors (Lipinski definition) is 3. The SMILES string of the molecule is O=C(CN(CC[NH+]1CCOCC1)C(=O)CNS(=O)(=O)c1ccccc1)NCCc1ccccc1. The van der Waals surface area contributed by atoms with Crippen molar-refractivity contribution in [2.45, 2.75) is 11.3 Å². The second-order valence-electron chi connectivity index (χ2n) is 8.15. The topological polar surface area (TPSA) is 109 Å². The molecule has 34 heavy (non-hydrogen) atoms. The number of ether oxygens (including phenoxy) is 1. The monoisotopic (exact) mass is 489 g/mol. The molecule has 1 saturated heterocycles. The Balaban J connectivity index is 1.55. The van der Waals surface area contributed by atoms with Crippen LogP contribution in [0.1, 0.15) is 5.56 Å². The summed E-state index contributed by atoms with van der Waals surface area (Å²) in [4.78, 5) is 28.3. The maximum Gasteiger partial charge on any atom is 0.241 e. The summed E-state index contributed by atoms with van der Waals surface area (Å²) >= 11 is 0. The third-order valence-corrected chi connectivity index (χ3v) is 7.09. The molecular weight excluding hydrogens is 456 g/mol. The number of nitrogens with one attached hydrogen (secondary N) is 3. The van der Waals surface area contributed by atoms with Gasteiger partial charge in [0, 0.05) is 6.54 Å². The summed E-state index contributed by atoms with van der Waals surface area (Å²) in [5.41, 5.74) is 1.11. The maximum atomic E-state index is 12.9. The Morgan fingerprint density at radius 3 is 2.29 bits per heavy atom. The number of amides is 2. The van der Waals surface area contributed by atoms with Gasteiger partial charge in [0.2, 0.25) is 21.8 Å². The van der Waals surface area contributed by atoms with Crippen LogP contribution in [0.5, 0.6) is 0 Å². The number of morpholine rings is 1. The highest BCUT2D eigenvalue weighted by Gasteiger charge is 2.23. The van der Waals surface area contributed by atoms with Crippen LogP contribution in [0.4, 0.5) is 0 Å². The molecule has 0 aliphatic carbocycles. The minimum absolute atomic E-state index is 0.0887. The number of rotatable bonds is 12. The van der Waals surface area contributed by atoms with E-state index in [4.69, 9.17) is 4.74 Å². The zero-order chi connectivity index (χ0) is 24.2. The lowest BCUT2D eigenvalue weighted by Crippen LogP contribution is -3.14. The normalized spacial score (nSPS) is 14.5. The lowest BCUT2D eigenvalue weighted by Gasteiger charge is -2.27. The van der Waals surface area contributed by atoms with Crippen molar-refractivity contribution in [1.82, 2.24) is 14.9 Å². The third kappa shape index (κ3) is 8.53. The minimum atomic E-state index is -3.82. The van der Waals surface area contributed by atoms with Gasteiger partial charge in [-0.05, 0) is 24.1 Å². The average molecular weight is 490 g/mol. The predicted octanol–water partition coefficient (Wildman–Crippen LogP) is -0.932. The number of carbonyl (C=O) groups is 2. The van der Waals surface area contributed by atoms with E-state index >= 15 is 0 Å². The number of sulfonamides is 1. The first-order valence-corrected chi connectivity index (χ1v) is 13.0. The van der Waals surface area contributed by atoms with Gasteiger partial charge in [-0.2, -0.15) is 0 Å². The Labute approximate surface area is 201 Å². The van der Waals surface area contributed by atoms with Crippen molar-refractivity contribution in [1.29, 1.82) is 0 Å². The molecule has 1 fully saturated rings. The smallest absolute Gasteiger partial charge is 0.241 e. The van der Waals surface area contributed by atoms with Crippen LogP contribution >= 0.6 is 0 Å². The molecule has 1 aliphatic heterocycles. The third-order valence-electron chi connectivity index (χ3n) is 5.67. The number of nitrogens with zero attached hydrogens (tertiary/aromatic N) is 1. The largest absolute Gasteiger partial charge is 0.370 e. The molecule has 9 nitrogen and oxygen atoms in total. The molecule has 2 aromatic rings. The van der Waals surface area contributed by atoms with E-state index in [1.165, 1.54) is 21.9 Å². The Kier molecular flexibility index (Phi) is 10.0. The first kappa shape index (κ1) is 25.8. The zero-order valence-electron chi connectivity index (χ0n) is 19.2. The number of benzene rings is 2. The molecule has 1 aliphatic rings. The summed E-state index contributed by atoms with van der Waals surface area (Å²) in [6.07, 6.45) is 0.690. The molecule has 0 radical (unpaired) electrons. The van der Waals surface area contributed by atoms with Crippen molar-refractivity contribution < 1.29 is 27.6 Å². The highest BCUT2D eigenvalue weighted by molar-refractivity contribution is 7.89. The number of carbonyl (C=O) groups excluding carboxylic acids is 2. The molecule has 0 spiro atoms. The molecule has 3 N–H and O–H groups in total. The molecule has 0 unspecified atom stereocenters. The fraction of sp³-hybridized carbons (Fsp3) is 0.417. The van der Waals surface area contributed by atoms with Crippen LogP contribution in [-0.2, 0) is 30.8 Å². The molecular formula is C24H33N4O5S+. The van der Waals surface area contributed by atoms with Gasteiger partial charge in [-0.15, -0.1) is 0 Å². The van der Waals surface area contributed by atoms with Crippen molar-refractivity contribution >= 4 is 21.8 Å². The van der Waals surface area contributed by atoms with Gasteiger partial charge in [0.05, 0.1) is 44.3 Å². The van der Waals surface area contributed by atoms with Gasteiger partial charge >= 0.3 is 0 Å². The Hall–Kier alpha value is -2.79. The number of quaternary nitrogens is 1. The summed E-state index contributed by atoms with van der Waals surface area (Å²) in [5, 5.41) is 2.85. The first-order chi connectivity index (χ1) is 16.4. The first-order valence-electron chi connectivity index (χ1n) is 11.5. The fourth-order valence-corrected chi connectivity index (χ4v) is 4.66. The van der Waals surface area contributed by atoms with E-state index in [9.17, 15) is 18.0 Å². The summed E-state index contributed by atoms with van der Waals surface area (Å²) in [7, 11) is -3.82.